The van der Waals surface area contributed by atoms with E-state index in [1.165, 1.54) is 171 Å². The Morgan fingerprint density at radius 2 is 0.840 bits per heavy atom. The first-order chi connectivity index (χ1) is 36.8. The number of imidazole rings is 2. The Labute approximate surface area is 447 Å². The van der Waals surface area contributed by atoms with Crippen molar-refractivity contribution in [3.8, 4) is 0 Å². The Morgan fingerprint density at radius 3 is 1.27 bits per heavy atom. The van der Waals surface area contributed by atoms with Gasteiger partial charge in [-0.3, -0.25) is 29.2 Å². The highest BCUT2D eigenvalue weighted by Crippen LogP contribution is 2.51. The van der Waals surface area contributed by atoms with E-state index in [1.54, 1.807) is 0 Å². The molecule has 0 radical (unpaired) electrons. The van der Waals surface area contributed by atoms with E-state index in [2.05, 4.69) is 77.3 Å². The lowest BCUT2D eigenvalue weighted by atomic mass is 9.73. The summed E-state index contributed by atoms with van der Waals surface area (Å²) in [5.74, 6) is 4.78. The molecular formula is C63H90N8O4. The van der Waals surface area contributed by atoms with Gasteiger partial charge >= 0.3 is 11.9 Å². The fraction of sp³-hybridized carbons (Fsp3) is 0.746. The number of piperidine rings is 4. The predicted octanol–water partition coefficient (Wildman–Crippen LogP) is 12.7. The van der Waals surface area contributed by atoms with Crippen LogP contribution in [0.2, 0.25) is 0 Å². The van der Waals surface area contributed by atoms with Gasteiger partial charge in [0.2, 0.25) is 0 Å². The van der Waals surface area contributed by atoms with Gasteiger partial charge in [0.05, 0.1) is 47.1 Å². The molecule has 4 aromatic rings. The fourth-order valence-corrected chi connectivity index (χ4v) is 19.1. The zero-order valence-electron chi connectivity index (χ0n) is 45.3. The second-order valence-electron chi connectivity index (χ2n) is 26.4. The van der Waals surface area contributed by atoms with E-state index in [-0.39, 0.29) is 25.0 Å². The first kappa shape index (κ1) is 50.7. The first-order valence-corrected chi connectivity index (χ1v) is 31.2. The number of hydrogen-bond donors (Lipinski definition) is 2. The van der Waals surface area contributed by atoms with Crippen molar-refractivity contribution in [2.24, 2.45) is 23.7 Å². The molecule has 4 aliphatic carbocycles. The summed E-state index contributed by atoms with van der Waals surface area (Å²) in [5.41, 5.74) is 4.72. The second kappa shape index (κ2) is 22.1. The maximum Gasteiger partial charge on any atom is 0.317 e. The average molecular weight is 1020 g/mol. The molecule has 12 heteroatoms. The van der Waals surface area contributed by atoms with Crippen molar-refractivity contribution in [2.75, 3.05) is 26.2 Å². The van der Waals surface area contributed by atoms with Crippen LogP contribution in [0.1, 0.15) is 222 Å². The minimum Gasteiger partial charge on any atom is -0.481 e. The number of carboxylic acid groups (broad SMARTS) is 2. The van der Waals surface area contributed by atoms with Crippen LogP contribution in [0.15, 0.2) is 48.5 Å². The SMILES string of the molecule is O=C(O)CCN1CCC[C@@H]1c1nc2ccccc2n1C1C[C@H]2CCC[C@@H](C1)N2C1C[C@H]2CCCC[C@@H](C1)C2.O=C(O)CN1CCC[C@@H]1c1nc2ccccc2n1C1C[C@H]2CCC[C@@H](C1)N2C1C[C@H]2CCCC[C@@H](C1)C2. The molecular weight excluding hydrogens is 933 g/mol. The number of likely N-dealkylation sites (tertiary alicyclic amines) is 2. The summed E-state index contributed by atoms with van der Waals surface area (Å²) in [6.45, 7) is 2.57. The largest absolute Gasteiger partial charge is 0.481 e. The van der Waals surface area contributed by atoms with Gasteiger partial charge < -0.3 is 19.3 Å². The molecule has 4 unspecified atom stereocenters. The Morgan fingerprint density at radius 1 is 0.427 bits per heavy atom. The first-order valence-electron chi connectivity index (χ1n) is 31.2. The molecule has 406 valence electrons. The van der Waals surface area contributed by atoms with Crippen LogP contribution in [0.5, 0.6) is 0 Å². The Hall–Kier alpha value is -3.84. The molecule has 8 bridgehead atoms. The van der Waals surface area contributed by atoms with Gasteiger partial charge in [-0.25, -0.2) is 9.97 Å². The van der Waals surface area contributed by atoms with E-state index in [9.17, 15) is 19.8 Å². The van der Waals surface area contributed by atoms with E-state index >= 15 is 0 Å². The van der Waals surface area contributed by atoms with Crippen molar-refractivity contribution < 1.29 is 19.8 Å². The molecule has 14 atom stereocenters. The van der Waals surface area contributed by atoms with Crippen molar-refractivity contribution >= 4 is 34.0 Å². The van der Waals surface area contributed by atoms with Crippen LogP contribution in [0.4, 0.5) is 0 Å². The number of benzene rings is 2. The molecule has 0 spiro atoms. The van der Waals surface area contributed by atoms with Crippen LogP contribution in [-0.2, 0) is 9.59 Å². The van der Waals surface area contributed by atoms with Crippen LogP contribution in [0, 0.1) is 23.7 Å². The fourth-order valence-electron chi connectivity index (χ4n) is 19.1. The Kier molecular flexibility index (Phi) is 14.9. The monoisotopic (exact) mass is 1020 g/mol. The summed E-state index contributed by atoms with van der Waals surface area (Å²) in [4.78, 5) is 44.1. The molecule has 6 saturated heterocycles. The third kappa shape index (κ3) is 10.4. The maximum atomic E-state index is 11.6. The van der Waals surface area contributed by atoms with Gasteiger partial charge in [0.1, 0.15) is 11.6 Å². The Balaban J connectivity index is 0.000000144. The van der Waals surface area contributed by atoms with Crippen molar-refractivity contribution in [3.63, 3.8) is 0 Å². The maximum absolute atomic E-state index is 11.6. The smallest absolute Gasteiger partial charge is 0.317 e. The van der Waals surface area contributed by atoms with Crippen molar-refractivity contribution in [1.82, 2.24) is 38.7 Å². The van der Waals surface area contributed by atoms with Gasteiger partial charge in [0.25, 0.3) is 0 Å². The molecule has 10 aliphatic rings. The second-order valence-corrected chi connectivity index (χ2v) is 26.4. The van der Waals surface area contributed by atoms with Crippen LogP contribution >= 0.6 is 0 Å². The number of carbonyl (C=O) groups is 2. The van der Waals surface area contributed by atoms with E-state index < -0.39 is 11.9 Å². The lowest BCUT2D eigenvalue weighted by molar-refractivity contribution is -0.139. The van der Waals surface area contributed by atoms with Crippen LogP contribution in [-0.4, -0.2) is 123 Å². The summed E-state index contributed by atoms with van der Waals surface area (Å²) in [6, 6.07) is 23.1. The molecule has 8 heterocycles. The Bertz CT molecular complexity index is 2570. The highest BCUT2D eigenvalue weighted by Gasteiger charge is 2.48. The lowest BCUT2D eigenvalue weighted by Gasteiger charge is -2.55. The number of carboxylic acids is 2. The van der Waals surface area contributed by atoms with Crippen molar-refractivity contribution in [3.05, 3.63) is 60.2 Å². The number of aromatic nitrogens is 4. The number of nitrogens with zero attached hydrogens (tertiary/aromatic N) is 8. The molecule has 2 aromatic carbocycles. The van der Waals surface area contributed by atoms with E-state index in [4.69, 9.17) is 9.97 Å². The van der Waals surface area contributed by atoms with Gasteiger partial charge in [0.15, 0.2) is 0 Å². The lowest BCUT2D eigenvalue weighted by Crippen LogP contribution is -2.58. The molecule has 0 amide bonds. The predicted molar refractivity (Wildman–Crippen MR) is 296 cm³/mol. The van der Waals surface area contributed by atoms with Crippen molar-refractivity contribution in [2.45, 2.75) is 247 Å². The third-order valence-corrected chi connectivity index (χ3v) is 21.8. The zero-order valence-corrected chi connectivity index (χ0v) is 45.3. The van der Waals surface area contributed by atoms with Gasteiger partial charge in [-0.05, 0) is 177 Å². The summed E-state index contributed by atoms with van der Waals surface area (Å²) < 4.78 is 5.23. The van der Waals surface area contributed by atoms with Crippen LogP contribution in [0.25, 0.3) is 22.1 Å². The summed E-state index contributed by atoms with van der Waals surface area (Å²) >= 11 is 0. The van der Waals surface area contributed by atoms with Crippen LogP contribution in [0.3, 0.4) is 0 Å². The van der Waals surface area contributed by atoms with E-state index in [0.29, 0.717) is 42.8 Å². The molecule has 6 aliphatic heterocycles. The summed E-state index contributed by atoms with van der Waals surface area (Å²) in [6.07, 6.45) is 38.1. The van der Waals surface area contributed by atoms with E-state index in [1.807, 2.05) is 0 Å². The van der Waals surface area contributed by atoms with E-state index in [0.717, 1.165) is 91.4 Å². The quantitative estimate of drug-likeness (QED) is 0.150. The zero-order chi connectivity index (χ0) is 50.6. The number of rotatable bonds is 11. The average Bonchev–Trinajstić information content (AvgIpc) is 4.20. The van der Waals surface area contributed by atoms with Gasteiger partial charge in [0, 0.05) is 54.9 Å². The highest BCUT2D eigenvalue weighted by molar-refractivity contribution is 5.77. The molecule has 75 heavy (non-hydrogen) atoms. The number of hydrogen-bond acceptors (Lipinski definition) is 8. The molecule has 12 nitrogen and oxygen atoms in total. The normalized spacial score (nSPS) is 36.7. The third-order valence-electron chi connectivity index (χ3n) is 21.8. The van der Waals surface area contributed by atoms with Gasteiger partial charge in [-0.15, -0.1) is 0 Å². The standard InChI is InChI=1S/C32H46N4O2.C31H44N4O2/c37-31(38)14-16-34-15-6-13-30(34)32-33-28-11-3-4-12-29(28)36(32)27-20-24-9-5-10-25(21-27)35(24)26-18-22-7-1-2-8-23(17-22)19-26;36-30(37)20-33-14-6-13-29(33)31-32-27-11-3-4-12-28(27)35(31)26-18-23-9-5-10-24(19-26)34(23)25-16-21-7-1-2-8-22(15-21)17-25/h3-4,11-12,22-27,30H,1-2,5-10,13-21H2,(H,37,38);3-4,11-12,21-26,29H,1-2,5-10,13-20H2,(H,36,37)/t22-,23+,24-,25+,26?,27?,30-;21-,22+,23-,24+,25?,26?,29-/m11/s1. The van der Waals surface area contributed by atoms with Gasteiger partial charge in [-0.2, -0.15) is 0 Å². The molecule has 4 saturated carbocycles. The van der Waals surface area contributed by atoms with Crippen LogP contribution < -0.4 is 0 Å². The van der Waals surface area contributed by atoms with Gasteiger partial charge in [-0.1, -0.05) is 88.5 Å². The van der Waals surface area contributed by atoms with Crippen molar-refractivity contribution in [1.29, 1.82) is 0 Å². The topological polar surface area (TPSA) is 123 Å². The number of fused-ring (bicyclic) bond motifs is 10. The number of para-hydroxylation sites is 4. The molecule has 2 aromatic heterocycles. The minimum atomic E-state index is -0.731. The minimum absolute atomic E-state index is 0.113. The summed E-state index contributed by atoms with van der Waals surface area (Å²) in [5, 5.41) is 18.9. The molecule has 14 rings (SSSR count). The number of aliphatic carboxylic acids is 2. The summed E-state index contributed by atoms with van der Waals surface area (Å²) in [7, 11) is 0. The molecule has 2 N–H and O–H groups in total. The molecule has 10 fully saturated rings. The highest BCUT2D eigenvalue weighted by atomic mass is 16.4.